The Morgan fingerprint density at radius 3 is 2.64 bits per heavy atom. The van der Waals surface area contributed by atoms with Gasteiger partial charge in [0.2, 0.25) is 0 Å². The van der Waals surface area contributed by atoms with Crippen molar-refractivity contribution in [1.29, 1.82) is 0 Å². The Hall–Kier alpha value is -3.74. The average molecular weight is 553 g/mol. The third-order valence-electron chi connectivity index (χ3n) is 5.89. The van der Waals surface area contributed by atoms with Crippen molar-refractivity contribution in [2.75, 3.05) is 27.5 Å². The fourth-order valence-corrected chi connectivity index (χ4v) is 9.54. The number of rotatable bonds is 13. The Kier molecular flexibility index (Phi) is 12.4. The van der Waals surface area contributed by atoms with Crippen molar-refractivity contribution in [1.82, 2.24) is 0 Å². The highest BCUT2D eigenvalue weighted by molar-refractivity contribution is 7.78. The first-order valence-electron chi connectivity index (χ1n) is 12.6. The van der Waals surface area contributed by atoms with Crippen molar-refractivity contribution in [3.05, 3.63) is 143 Å². The highest BCUT2D eigenvalue weighted by Crippen LogP contribution is 2.57. The van der Waals surface area contributed by atoms with Crippen LogP contribution in [0.2, 0.25) is 0 Å². The molecule has 0 saturated heterocycles. The molecule has 39 heavy (non-hydrogen) atoms. The van der Waals surface area contributed by atoms with E-state index in [1.807, 2.05) is 42.5 Å². The summed E-state index contributed by atoms with van der Waals surface area (Å²) in [6, 6.07) is 8.65. The van der Waals surface area contributed by atoms with Crippen molar-refractivity contribution >= 4 is 26.5 Å². The van der Waals surface area contributed by atoms with E-state index in [9.17, 15) is 0 Å². The van der Waals surface area contributed by atoms with Crippen LogP contribution in [0.25, 0.3) is 0 Å². The fourth-order valence-electron chi connectivity index (χ4n) is 4.17. The maximum atomic E-state index is 6.05. The molecule has 0 radical (unpaired) electrons. The van der Waals surface area contributed by atoms with Crippen molar-refractivity contribution in [3.63, 3.8) is 0 Å². The van der Waals surface area contributed by atoms with Crippen LogP contribution in [0.15, 0.2) is 143 Å². The molecule has 5 heteroatoms. The molecular formula is C34H34O3P2. The Balaban J connectivity index is 2.28. The summed E-state index contributed by atoms with van der Waals surface area (Å²) < 4.78 is 17.7. The second kappa shape index (κ2) is 16.3. The van der Waals surface area contributed by atoms with Crippen LogP contribution < -0.4 is 10.6 Å². The van der Waals surface area contributed by atoms with E-state index in [0.29, 0.717) is 0 Å². The average Bonchev–Trinajstić information content (AvgIpc) is 2.99. The number of hydrogen-bond donors (Lipinski definition) is 0. The summed E-state index contributed by atoms with van der Waals surface area (Å²) in [5.74, 6) is 4.25. The predicted octanol–water partition coefficient (Wildman–Crippen LogP) is 7.82. The molecule has 2 aliphatic carbocycles. The first-order chi connectivity index (χ1) is 19.2. The molecule has 2 unspecified atom stereocenters. The Bertz CT molecular complexity index is 1400. The number of terminal acetylenes is 1. The van der Waals surface area contributed by atoms with E-state index in [1.54, 1.807) is 33.5 Å². The summed E-state index contributed by atoms with van der Waals surface area (Å²) in [6.45, 7) is 3.80. The molecule has 1 aromatic carbocycles. The van der Waals surface area contributed by atoms with E-state index in [0.717, 1.165) is 41.3 Å². The Labute approximate surface area is 235 Å². The van der Waals surface area contributed by atoms with Crippen molar-refractivity contribution in [2.24, 2.45) is 0 Å². The molecule has 3 nitrogen and oxygen atoms in total. The Morgan fingerprint density at radius 2 is 1.92 bits per heavy atom. The van der Waals surface area contributed by atoms with Crippen molar-refractivity contribution in [2.45, 2.75) is 12.8 Å². The van der Waals surface area contributed by atoms with Gasteiger partial charge >= 0.3 is 0 Å². The molecule has 0 aromatic heterocycles. The van der Waals surface area contributed by atoms with Crippen molar-refractivity contribution in [3.8, 4) is 12.3 Å². The molecule has 0 aliphatic heterocycles. The van der Waals surface area contributed by atoms with Gasteiger partial charge in [-0.2, -0.15) is 0 Å². The molecule has 0 spiro atoms. The minimum Gasteiger partial charge on any atom is -0.496 e. The summed E-state index contributed by atoms with van der Waals surface area (Å²) in [6.07, 6.45) is 31.6. The third-order valence-corrected chi connectivity index (χ3v) is 11.1. The van der Waals surface area contributed by atoms with Gasteiger partial charge in [-0.3, -0.25) is 0 Å². The lowest BCUT2D eigenvalue weighted by Crippen LogP contribution is -2.25. The Morgan fingerprint density at radius 1 is 1.10 bits per heavy atom. The van der Waals surface area contributed by atoms with E-state index < -0.39 is 15.8 Å². The number of ether oxygens (including phenoxy) is 3. The van der Waals surface area contributed by atoms with Gasteiger partial charge in [0.05, 0.1) is 26.6 Å². The monoisotopic (exact) mass is 552 g/mol. The van der Waals surface area contributed by atoms with E-state index in [1.165, 1.54) is 15.9 Å². The van der Waals surface area contributed by atoms with Crippen LogP contribution in [0.3, 0.4) is 0 Å². The van der Waals surface area contributed by atoms with Gasteiger partial charge in [0.25, 0.3) is 0 Å². The zero-order valence-electron chi connectivity index (χ0n) is 22.8. The van der Waals surface area contributed by atoms with Gasteiger partial charge in [-0.05, 0) is 67.9 Å². The molecule has 1 aromatic rings. The molecule has 0 fully saturated rings. The summed E-state index contributed by atoms with van der Waals surface area (Å²) >= 11 is 0. The number of allylic oxidation sites excluding steroid dienone is 14. The van der Waals surface area contributed by atoms with E-state index in [2.05, 4.69) is 66.5 Å². The zero-order valence-corrected chi connectivity index (χ0v) is 24.6. The molecular weight excluding hydrogens is 518 g/mol. The van der Waals surface area contributed by atoms with Gasteiger partial charge in [0.15, 0.2) is 0 Å². The van der Waals surface area contributed by atoms with Crippen LogP contribution in [-0.4, -0.2) is 27.5 Å². The summed E-state index contributed by atoms with van der Waals surface area (Å²) in [5.41, 5.74) is 7.33. The normalized spacial score (nSPS) is 16.8. The molecule has 0 heterocycles. The maximum absolute atomic E-state index is 6.05. The smallest absolute Gasteiger partial charge is 0.136 e. The lowest BCUT2D eigenvalue weighted by atomic mass is 10.2. The third kappa shape index (κ3) is 7.88. The van der Waals surface area contributed by atoms with Crippen LogP contribution in [0.5, 0.6) is 0 Å². The molecule has 3 rings (SSSR count). The van der Waals surface area contributed by atoms with Crippen LogP contribution in [0.4, 0.5) is 0 Å². The van der Waals surface area contributed by atoms with Crippen LogP contribution in [-0.2, 0) is 14.2 Å². The van der Waals surface area contributed by atoms with Crippen LogP contribution in [0.1, 0.15) is 12.8 Å². The minimum atomic E-state index is -1.16. The van der Waals surface area contributed by atoms with Gasteiger partial charge < -0.3 is 14.2 Å². The largest absolute Gasteiger partial charge is 0.496 e. The van der Waals surface area contributed by atoms with Gasteiger partial charge in [-0.1, -0.05) is 90.8 Å². The highest BCUT2D eigenvalue weighted by atomic mass is 31.1. The molecule has 2 atom stereocenters. The molecule has 198 valence electrons. The molecule has 0 amide bonds. The lowest BCUT2D eigenvalue weighted by Gasteiger charge is -2.30. The van der Waals surface area contributed by atoms with Crippen molar-refractivity contribution < 1.29 is 14.2 Å². The number of methoxy groups -OCH3 is 3. The summed E-state index contributed by atoms with van der Waals surface area (Å²) in [4.78, 5) is 0. The lowest BCUT2D eigenvalue weighted by molar-refractivity contribution is 0.302. The first-order valence-corrected chi connectivity index (χ1v) is 15.4. The highest BCUT2D eigenvalue weighted by Gasteiger charge is 2.31. The molecule has 2 aliphatic rings. The van der Waals surface area contributed by atoms with E-state index >= 15 is 0 Å². The second-order valence-electron chi connectivity index (χ2n) is 8.19. The first kappa shape index (κ1) is 29.8. The predicted molar refractivity (Wildman–Crippen MR) is 169 cm³/mol. The van der Waals surface area contributed by atoms with E-state index in [4.69, 9.17) is 20.6 Å². The number of hydrogen-bond acceptors (Lipinski definition) is 3. The SMILES string of the molecule is C#C/C=C\C=C/CP(C1=C(OC)C=CCC1)c1ccccc1P(C1=C=C=CC=C1OC)/C(=C/C=C\C=C)OC. The molecule has 0 saturated carbocycles. The topological polar surface area (TPSA) is 27.7 Å². The fraction of sp³-hybridized carbons (Fsp3) is 0.176. The summed E-state index contributed by atoms with van der Waals surface area (Å²) in [7, 11) is 3.21. The minimum absolute atomic E-state index is 0.756. The van der Waals surface area contributed by atoms with Gasteiger partial charge in [0.1, 0.15) is 17.0 Å². The molecule has 0 bridgehead atoms. The standard InChI is InChI=1S/C34H34O3P2/c1-6-8-10-11-19-27-38(30-22-15-13-20-28(30)35-3)32-24-17-18-25-33(32)39(34(37-5)26-12-9-7-2)31-23-16-14-21-29(31)36-4/h1,7-14,17-21,24-26H,2,15,22,27H2,3-5H3/b10-8-,12-9-,19-11-,34-26+. The molecule has 0 N–H and O–H groups in total. The van der Waals surface area contributed by atoms with Crippen LogP contribution in [0, 0.1) is 12.3 Å². The van der Waals surface area contributed by atoms with E-state index in [-0.39, 0.29) is 0 Å². The maximum Gasteiger partial charge on any atom is 0.136 e. The number of benzene rings is 1. The summed E-state index contributed by atoms with van der Waals surface area (Å²) in [5, 5.41) is 4.74. The van der Waals surface area contributed by atoms with Gasteiger partial charge in [-0.15, -0.1) is 6.42 Å². The quantitative estimate of drug-likeness (QED) is 0.0821. The van der Waals surface area contributed by atoms with Gasteiger partial charge in [0, 0.05) is 13.2 Å². The van der Waals surface area contributed by atoms with Gasteiger partial charge in [-0.25, -0.2) is 0 Å². The second-order valence-corrected chi connectivity index (χ2v) is 12.5. The van der Waals surface area contributed by atoms with Crippen LogP contribution >= 0.6 is 15.8 Å². The zero-order chi connectivity index (χ0) is 27.9.